The van der Waals surface area contributed by atoms with Gasteiger partial charge in [0.25, 0.3) is 5.56 Å². The number of H-pyrrole nitrogens is 2. The van der Waals surface area contributed by atoms with E-state index >= 15 is 0 Å². The van der Waals surface area contributed by atoms with Gasteiger partial charge in [0.05, 0.1) is 6.20 Å². The highest BCUT2D eigenvalue weighted by molar-refractivity contribution is 5.73. The number of fused-ring (bicyclic) bond motifs is 1. The van der Waals surface area contributed by atoms with E-state index in [-0.39, 0.29) is 5.56 Å². The van der Waals surface area contributed by atoms with Crippen LogP contribution in [0.1, 0.15) is 11.1 Å². The van der Waals surface area contributed by atoms with Gasteiger partial charge in [0.15, 0.2) is 5.65 Å². The summed E-state index contributed by atoms with van der Waals surface area (Å²) in [7, 11) is 0. The van der Waals surface area contributed by atoms with Gasteiger partial charge in [-0.1, -0.05) is 54.1 Å². The van der Waals surface area contributed by atoms with Crippen molar-refractivity contribution in [2.75, 3.05) is 5.32 Å². The normalized spacial score (nSPS) is 10.9. The Morgan fingerprint density at radius 2 is 1.92 bits per heavy atom. The summed E-state index contributed by atoms with van der Waals surface area (Å²) >= 11 is 0. The van der Waals surface area contributed by atoms with Crippen LogP contribution in [0.4, 0.5) is 5.95 Å². The minimum Gasteiger partial charge on any atom is -0.352 e. The Bertz CT molecular complexity index is 1080. The van der Waals surface area contributed by atoms with Gasteiger partial charge in [-0.3, -0.25) is 14.9 Å². The minimum atomic E-state index is -0.212. The molecule has 6 nitrogen and oxygen atoms in total. The molecule has 0 spiro atoms. The molecular formula is C19H17N5O. The summed E-state index contributed by atoms with van der Waals surface area (Å²) < 4.78 is 0. The fourth-order valence-electron chi connectivity index (χ4n) is 2.75. The quantitative estimate of drug-likeness (QED) is 0.536. The summed E-state index contributed by atoms with van der Waals surface area (Å²) in [6.07, 6.45) is 1.47. The number of nitrogens with zero attached hydrogens (tertiary/aromatic N) is 2. The molecule has 0 fully saturated rings. The summed E-state index contributed by atoms with van der Waals surface area (Å²) in [5.74, 6) is 0.421. The van der Waals surface area contributed by atoms with Gasteiger partial charge in [-0.2, -0.15) is 10.1 Å². The molecule has 0 radical (unpaired) electrons. The van der Waals surface area contributed by atoms with Gasteiger partial charge in [0.1, 0.15) is 5.39 Å². The van der Waals surface area contributed by atoms with Crippen molar-refractivity contribution in [1.29, 1.82) is 0 Å². The first-order chi connectivity index (χ1) is 12.2. The van der Waals surface area contributed by atoms with Crippen LogP contribution >= 0.6 is 0 Å². The molecule has 2 aromatic heterocycles. The summed E-state index contributed by atoms with van der Waals surface area (Å²) in [5, 5.41) is 10.1. The SMILES string of the molecule is Cc1cccc(-c2ccc(CNc3nc4[nH]ncc4c(=O)[nH]3)cc2)c1. The second-order valence-electron chi connectivity index (χ2n) is 5.97. The number of hydrogen-bond donors (Lipinski definition) is 3. The van der Waals surface area contributed by atoms with Gasteiger partial charge in [-0.15, -0.1) is 0 Å². The molecule has 0 aliphatic carbocycles. The fraction of sp³-hybridized carbons (Fsp3) is 0.105. The Labute approximate surface area is 144 Å². The summed E-state index contributed by atoms with van der Waals surface area (Å²) in [6, 6.07) is 16.8. The van der Waals surface area contributed by atoms with Gasteiger partial charge < -0.3 is 5.32 Å². The van der Waals surface area contributed by atoms with E-state index in [2.05, 4.69) is 80.9 Å². The predicted octanol–water partition coefficient (Wildman–Crippen LogP) is 3.23. The lowest BCUT2D eigenvalue weighted by molar-refractivity contribution is 1.04. The molecule has 6 heteroatoms. The molecule has 0 saturated carbocycles. The van der Waals surface area contributed by atoms with E-state index in [1.54, 1.807) is 0 Å². The van der Waals surface area contributed by atoms with Crippen LogP contribution in [0.15, 0.2) is 59.5 Å². The monoisotopic (exact) mass is 331 g/mol. The van der Waals surface area contributed by atoms with Crippen LogP contribution in [0.5, 0.6) is 0 Å². The third-order valence-electron chi connectivity index (χ3n) is 4.08. The van der Waals surface area contributed by atoms with Crippen molar-refractivity contribution < 1.29 is 0 Å². The molecule has 0 bridgehead atoms. The van der Waals surface area contributed by atoms with Crippen molar-refractivity contribution in [2.45, 2.75) is 13.5 Å². The van der Waals surface area contributed by atoms with Crippen molar-refractivity contribution in [2.24, 2.45) is 0 Å². The van der Waals surface area contributed by atoms with Crippen LogP contribution < -0.4 is 10.9 Å². The zero-order valence-corrected chi connectivity index (χ0v) is 13.7. The second kappa shape index (κ2) is 6.24. The van der Waals surface area contributed by atoms with Crippen LogP contribution in [-0.2, 0) is 6.54 Å². The largest absolute Gasteiger partial charge is 0.352 e. The standard InChI is InChI=1S/C19H17N5O/c1-12-3-2-4-15(9-12)14-7-5-13(6-8-14)10-20-19-22-17-16(11-21-24-17)18(25)23-19/h2-9,11H,10H2,1H3,(H3,20,21,22,23,24,25). The maximum absolute atomic E-state index is 11.9. The number of benzene rings is 2. The Balaban J connectivity index is 1.50. The van der Waals surface area contributed by atoms with Gasteiger partial charge in [-0.05, 0) is 23.6 Å². The highest BCUT2D eigenvalue weighted by atomic mass is 16.1. The first-order valence-electron chi connectivity index (χ1n) is 8.02. The molecule has 0 unspecified atom stereocenters. The molecule has 0 aliphatic heterocycles. The van der Waals surface area contributed by atoms with Crippen LogP contribution in [-0.4, -0.2) is 20.2 Å². The van der Waals surface area contributed by atoms with Gasteiger partial charge >= 0.3 is 0 Å². The van der Waals surface area contributed by atoms with Crippen LogP contribution in [0.2, 0.25) is 0 Å². The smallest absolute Gasteiger partial charge is 0.263 e. The number of rotatable bonds is 4. The molecular weight excluding hydrogens is 314 g/mol. The Morgan fingerprint density at radius 3 is 2.72 bits per heavy atom. The van der Waals surface area contributed by atoms with Crippen molar-refractivity contribution >= 4 is 17.0 Å². The first-order valence-corrected chi connectivity index (χ1v) is 8.02. The topological polar surface area (TPSA) is 86.5 Å². The average molecular weight is 331 g/mol. The van der Waals surface area contributed by atoms with Gasteiger partial charge in [0, 0.05) is 6.54 Å². The number of aromatic nitrogens is 4. The maximum atomic E-state index is 11.9. The fourth-order valence-corrected chi connectivity index (χ4v) is 2.75. The summed E-state index contributed by atoms with van der Waals surface area (Å²) in [6.45, 7) is 2.66. The molecule has 0 saturated heterocycles. The van der Waals surface area contributed by atoms with Crippen molar-refractivity contribution in [3.05, 3.63) is 76.2 Å². The number of hydrogen-bond acceptors (Lipinski definition) is 4. The molecule has 4 rings (SSSR count). The number of anilines is 1. The number of nitrogens with one attached hydrogen (secondary N) is 3. The van der Waals surface area contributed by atoms with Crippen LogP contribution in [0, 0.1) is 6.92 Å². The maximum Gasteiger partial charge on any atom is 0.263 e. The highest BCUT2D eigenvalue weighted by Crippen LogP contribution is 2.21. The molecule has 124 valence electrons. The first kappa shape index (κ1) is 15.1. The van der Waals surface area contributed by atoms with Gasteiger partial charge in [-0.25, -0.2) is 0 Å². The zero-order chi connectivity index (χ0) is 17.2. The van der Waals surface area contributed by atoms with Crippen molar-refractivity contribution in [3.8, 4) is 11.1 Å². The summed E-state index contributed by atoms with van der Waals surface area (Å²) in [5.41, 5.74) is 4.99. The van der Waals surface area contributed by atoms with E-state index in [9.17, 15) is 4.79 Å². The summed E-state index contributed by atoms with van der Waals surface area (Å²) in [4.78, 5) is 18.9. The van der Waals surface area contributed by atoms with E-state index in [1.165, 1.54) is 22.9 Å². The average Bonchev–Trinajstić information content (AvgIpc) is 3.10. The molecule has 0 amide bonds. The zero-order valence-electron chi connectivity index (χ0n) is 13.7. The Kier molecular flexibility index (Phi) is 3.78. The number of aromatic amines is 2. The molecule has 0 atom stereocenters. The molecule has 4 aromatic rings. The predicted molar refractivity (Wildman–Crippen MR) is 98.5 cm³/mol. The highest BCUT2D eigenvalue weighted by Gasteiger charge is 2.05. The van der Waals surface area contributed by atoms with Crippen molar-refractivity contribution in [1.82, 2.24) is 20.2 Å². The van der Waals surface area contributed by atoms with E-state index in [4.69, 9.17) is 0 Å². The van der Waals surface area contributed by atoms with E-state index in [0.29, 0.717) is 23.5 Å². The molecule has 2 heterocycles. The Hall–Kier alpha value is -3.41. The minimum absolute atomic E-state index is 0.212. The van der Waals surface area contributed by atoms with Crippen LogP contribution in [0.25, 0.3) is 22.2 Å². The lowest BCUT2D eigenvalue weighted by atomic mass is 10.0. The molecule has 25 heavy (non-hydrogen) atoms. The van der Waals surface area contributed by atoms with Gasteiger partial charge in [0.2, 0.25) is 5.95 Å². The molecule has 0 aliphatic rings. The molecule has 2 aromatic carbocycles. The van der Waals surface area contributed by atoms with E-state index in [0.717, 1.165) is 5.56 Å². The third kappa shape index (κ3) is 3.14. The Morgan fingerprint density at radius 1 is 1.08 bits per heavy atom. The van der Waals surface area contributed by atoms with E-state index in [1.807, 2.05) is 0 Å². The third-order valence-corrected chi connectivity index (χ3v) is 4.08. The number of aryl methyl sites for hydroxylation is 1. The lowest BCUT2D eigenvalue weighted by Crippen LogP contribution is -2.12. The van der Waals surface area contributed by atoms with E-state index < -0.39 is 0 Å². The molecule has 3 N–H and O–H groups in total. The second-order valence-corrected chi connectivity index (χ2v) is 5.97. The van der Waals surface area contributed by atoms with Crippen LogP contribution in [0.3, 0.4) is 0 Å². The lowest BCUT2D eigenvalue weighted by Gasteiger charge is -2.07. The van der Waals surface area contributed by atoms with Crippen molar-refractivity contribution in [3.63, 3.8) is 0 Å².